The van der Waals surface area contributed by atoms with Crippen LogP contribution in [0.5, 0.6) is 0 Å². The predicted molar refractivity (Wildman–Crippen MR) is 88.6 cm³/mol. The lowest BCUT2D eigenvalue weighted by atomic mass is 9.99. The van der Waals surface area contributed by atoms with E-state index in [2.05, 4.69) is 40.2 Å². The Morgan fingerprint density at radius 3 is 2.67 bits per heavy atom. The van der Waals surface area contributed by atoms with Crippen molar-refractivity contribution < 1.29 is 4.79 Å². The Morgan fingerprint density at radius 1 is 1.14 bits per heavy atom. The van der Waals surface area contributed by atoms with Gasteiger partial charge in [0.1, 0.15) is 0 Å². The van der Waals surface area contributed by atoms with Crippen LogP contribution in [0, 0.1) is 6.92 Å². The lowest BCUT2D eigenvalue weighted by Gasteiger charge is -2.18. The first-order valence-corrected chi connectivity index (χ1v) is 8.05. The average Bonchev–Trinajstić information content (AvgIpc) is 3.00. The average molecular weight is 344 g/mol. The lowest BCUT2D eigenvalue weighted by molar-refractivity contribution is 0.0790. The number of aryl methyl sites for hydroxylation is 1. The molecule has 1 amide bonds. The second-order valence-corrected chi connectivity index (χ2v) is 6.38. The highest BCUT2D eigenvalue weighted by Crippen LogP contribution is 2.30. The molecule has 1 heterocycles. The highest BCUT2D eigenvalue weighted by atomic mass is 79.9. The third-order valence-corrected chi connectivity index (χ3v) is 5.22. The maximum atomic E-state index is 12.7. The Bertz CT molecular complexity index is 654. The third-order valence-electron chi connectivity index (χ3n) is 4.17. The number of carbonyl (C=O) groups is 1. The predicted octanol–water partition coefficient (Wildman–Crippen LogP) is 4.39. The summed E-state index contributed by atoms with van der Waals surface area (Å²) >= 11 is 3.54. The fourth-order valence-electron chi connectivity index (χ4n) is 2.92. The van der Waals surface area contributed by atoms with Crippen molar-refractivity contribution in [1.82, 2.24) is 4.90 Å². The lowest BCUT2D eigenvalue weighted by Crippen LogP contribution is -2.28. The van der Waals surface area contributed by atoms with Crippen LogP contribution >= 0.6 is 15.9 Å². The van der Waals surface area contributed by atoms with Crippen molar-refractivity contribution in [2.24, 2.45) is 0 Å². The normalized spacial score (nSPS) is 18.0. The summed E-state index contributed by atoms with van der Waals surface area (Å²) < 4.78 is 0.915. The molecule has 3 heteroatoms. The standard InChI is InChI=1S/C18H18BrNO/c1-13-6-5-9-16(17(13)19)18(21)20-11-10-15(12-20)14-7-3-2-4-8-14/h2-9,15H,10-12H2,1H3. The van der Waals surface area contributed by atoms with E-state index in [0.29, 0.717) is 5.92 Å². The number of benzene rings is 2. The van der Waals surface area contributed by atoms with E-state index in [4.69, 9.17) is 0 Å². The van der Waals surface area contributed by atoms with Gasteiger partial charge in [-0.1, -0.05) is 42.5 Å². The van der Waals surface area contributed by atoms with Crippen molar-refractivity contribution in [3.05, 3.63) is 69.7 Å². The minimum absolute atomic E-state index is 0.129. The molecule has 0 bridgehead atoms. The zero-order chi connectivity index (χ0) is 14.8. The van der Waals surface area contributed by atoms with Gasteiger partial charge in [-0.05, 0) is 46.5 Å². The number of amides is 1. The number of likely N-dealkylation sites (tertiary alicyclic amines) is 1. The van der Waals surface area contributed by atoms with Crippen LogP contribution in [0.15, 0.2) is 53.0 Å². The molecule has 2 aromatic carbocycles. The Balaban J connectivity index is 1.77. The second-order valence-electron chi connectivity index (χ2n) is 5.58. The molecule has 0 aliphatic carbocycles. The smallest absolute Gasteiger partial charge is 0.255 e. The first kappa shape index (κ1) is 14.3. The van der Waals surface area contributed by atoms with E-state index in [-0.39, 0.29) is 5.91 Å². The zero-order valence-corrected chi connectivity index (χ0v) is 13.6. The summed E-state index contributed by atoms with van der Waals surface area (Å²) in [6, 6.07) is 16.3. The Morgan fingerprint density at radius 2 is 1.90 bits per heavy atom. The number of hydrogen-bond donors (Lipinski definition) is 0. The summed E-state index contributed by atoms with van der Waals surface area (Å²) in [6.45, 7) is 3.65. The van der Waals surface area contributed by atoms with Gasteiger partial charge in [0.25, 0.3) is 5.91 Å². The Kier molecular flexibility index (Phi) is 4.11. The topological polar surface area (TPSA) is 20.3 Å². The van der Waals surface area contributed by atoms with E-state index in [0.717, 1.165) is 35.1 Å². The van der Waals surface area contributed by atoms with Crippen molar-refractivity contribution in [2.75, 3.05) is 13.1 Å². The van der Waals surface area contributed by atoms with Crippen molar-refractivity contribution in [3.8, 4) is 0 Å². The van der Waals surface area contributed by atoms with Gasteiger partial charge in [0, 0.05) is 23.5 Å². The van der Waals surface area contributed by atoms with Gasteiger partial charge >= 0.3 is 0 Å². The molecule has 108 valence electrons. The fourth-order valence-corrected chi connectivity index (χ4v) is 3.36. The number of hydrogen-bond acceptors (Lipinski definition) is 1. The van der Waals surface area contributed by atoms with E-state index in [1.54, 1.807) is 0 Å². The third kappa shape index (κ3) is 2.88. The molecule has 1 fully saturated rings. The summed E-state index contributed by atoms with van der Waals surface area (Å²) in [5.41, 5.74) is 3.19. The molecule has 1 aliphatic rings. The molecule has 2 nitrogen and oxygen atoms in total. The molecule has 3 rings (SSSR count). The van der Waals surface area contributed by atoms with Gasteiger partial charge in [-0.3, -0.25) is 4.79 Å². The van der Waals surface area contributed by atoms with Gasteiger partial charge in [-0.15, -0.1) is 0 Å². The Labute approximate surface area is 133 Å². The SMILES string of the molecule is Cc1cccc(C(=O)N2CCC(c3ccccc3)C2)c1Br. The van der Waals surface area contributed by atoms with Gasteiger partial charge in [-0.25, -0.2) is 0 Å². The highest BCUT2D eigenvalue weighted by molar-refractivity contribution is 9.10. The van der Waals surface area contributed by atoms with Gasteiger partial charge in [0.2, 0.25) is 0 Å². The summed E-state index contributed by atoms with van der Waals surface area (Å²) in [4.78, 5) is 14.7. The van der Waals surface area contributed by atoms with Gasteiger partial charge in [0.05, 0.1) is 5.56 Å². The molecule has 1 aliphatic heterocycles. The number of carbonyl (C=O) groups excluding carboxylic acids is 1. The molecule has 0 N–H and O–H groups in total. The van der Waals surface area contributed by atoms with Crippen LogP contribution in [0.1, 0.15) is 33.8 Å². The molecular formula is C18H18BrNO. The number of rotatable bonds is 2. The van der Waals surface area contributed by atoms with Gasteiger partial charge in [0.15, 0.2) is 0 Å². The molecule has 0 radical (unpaired) electrons. The molecule has 0 spiro atoms. The molecule has 1 unspecified atom stereocenters. The maximum absolute atomic E-state index is 12.7. The second kappa shape index (κ2) is 6.02. The highest BCUT2D eigenvalue weighted by Gasteiger charge is 2.28. The molecular weight excluding hydrogens is 326 g/mol. The Hall–Kier alpha value is -1.61. The van der Waals surface area contributed by atoms with Crippen molar-refractivity contribution in [3.63, 3.8) is 0 Å². The summed E-state index contributed by atoms with van der Waals surface area (Å²) in [5, 5.41) is 0. The molecule has 21 heavy (non-hydrogen) atoms. The molecule has 0 saturated carbocycles. The summed E-state index contributed by atoms with van der Waals surface area (Å²) in [5.74, 6) is 0.586. The van der Waals surface area contributed by atoms with Gasteiger partial charge < -0.3 is 4.90 Å². The number of halogens is 1. The van der Waals surface area contributed by atoms with E-state index >= 15 is 0 Å². The van der Waals surface area contributed by atoms with E-state index in [1.807, 2.05) is 36.1 Å². The minimum Gasteiger partial charge on any atom is -0.338 e. The molecule has 1 saturated heterocycles. The molecule has 0 aromatic heterocycles. The van der Waals surface area contributed by atoms with Crippen LogP contribution in [-0.2, 0) is 0 Å². The molecule has 2 aromatic rings. The first-order chi connectivity index (χ1) is 10.2. The minimum atomic E-state index is 0.129. The summed E-state index contributed by atoms with van der Waals surface area (Å²) in [6.07, 6.45) is 1.04. The summed E-state index contributed by atoms with van der Waals surface area (Å²) in [7, 11) is 0. The zero-order valence-electron chi connectivity index (χ0n) is 12.1. The van der Waals surface area contributed by atoms with Crippen molar-refractivity contribution in [2.45, 2.75) is 19.3 Å². The van der Waals surface area contributed by atoms with Crippen molar-refractivity contribution in [1.29, 1.82) is 0 Å². The van der Waals surface area contributed by atoms with Crippen LogP contribution in [-0.4, -0.2) is 23.9 Å². The van der Waals surface area contributed by atoms with Gasteiger partial charge in [-0.2, -0.15) is 0 Å². The quantitative estimate of drug-likeness (QED) is 0.791. The van der Waals surface area contributed by atoms with E-state index in [1.165, 1.54) is 5.56 Å². The van der Waals surface area contributed by atoms with Crippen molar-refractivity contribution >= 4 is 21.8 Å². The monoisotopic (exact) mass is 343 g/mol. The number of nitrogens with zero attached hydrogens (tertiary/aromatic N) is 1. The van der Waals surface area contributed by atoms with Crippen LogP contribution < -0.4 is 0 Å². The first-order valence-electron chi connectivity index (χ1n) is 7.26. The van der Waals surface area contributed by atoms with Crippen LogP contribution in [0.25, 0.3) is 0 Å². The maximum Gasteiger partial charge on any atom is 0.255 e. The van der Waals surface area contributed by atoms with Crippen LogP contribution in [0.3, 0.4) is 0 Å². The molecule has 1 atom stereocenters. The van der Waals surface area contributed by atoms with Crippen LogP contribution in [0.4, 0.5) is 0 Å². The van der Waals surface area contributed by atoms with E-state index < -0.39 is 0 Å². The van der Waals surface area contributed by atoms with Crippen LogP contribution in [0.2, 0.25) is 0 Å². The fraction of sp³-hybridized carbons (Fsp3) is 0.278. The largest absolute Gasteiger partial charge is 0.338 e. The van der Waals surface area contributed by atoms with E-state index in [9.17, 15) is 4.79 Å².